The molecule has 1 heterocycles. The summed E-state index contributed by atoms with van der Waals surface area (Å²) in [5.41, 5.74) is 1.42. The fourth-order valence-electron chi connectivity index (χ4n) is 3.58. The molecular weight excluding hydrogens is 523 g/mol. The Morgan fingerprint density at radius 1 is 0.944 bits per heavy atom. The van der Waals surface area contributed by atoms with E-state index in [4.69, 9.17) is 0 Å². The number of carbonyl (C=O) groups is 1. The van der Waals surface area contributed by atoms with Crippen molar-refractivity contribution in [3.05, 3.63) is 84.2 Å². The summed E-state index contributed by atoms with van der Waals surface area (Å²) in [6, 6.07) is 18.5. The Kier molecular flexibility index (Phi) is 7.53. The van der Waals surface area contributed by atoms with Gasteiger partial charge < -0.3 is 0 Å². The number of hydrogen-bond donors (Lipinski definition) is 0. The summed E-state index contributed by atoms with van der Waals surface area (Å²) in [5.74, 6) is -1.10. The second-order valence-electron chi connectivity index (χ2n) is 8.24. The maximum absolute atomic E-state index is 13.3. The third kappa shape index (κ3) is 6.15. The van der Waals surface area contributed by atoms with Crippen molar-refractivity contribution in [3.63, 3.8) is 0 Å². The molecule has 0 aliphatic heterocycles. The van der Waals surface area contributed by atoms with E-state index in [1.807, 2.05) is 30.3 Å². The average molecular weight is 547 g/mol. The van der Waals surface area contributed by atoms with Crippen LogP contribution in [0.15, 0.2) is 82.6 Å². The van der Waals surface area contributed by atoms with E-state index in [0.717, 1.165) is 24.0 Å². The number of amides is 1. The summed E-state index contributed by atoms with van der Waals surface area (Å²) in [5, 5.41) is 0.394. The number of thiazole rings is 1. The first-order valence-electron chi connectivity index (χ1n) is 11.0. The molecular formula is C25H23FN2O5S3. The highest BCUT2D eigenvalue weighted by Crippen LogP contribution is 2.32. The average Bonchev–Trinajstić information content (AvgIpc) is 3.26. The molecule has 0 spiro atoms. The lowest BCUT2D eigenvalue weighted by atomic mass is 10.2. The summed E-state index contributed by atoms with van der Waals surface area (Å²) in [6.45, 7) is 0.225. The van der Waals surface area contributed by atoms with Crippen LogP contribution in [0.3, 0.4) is 0 Å². The molecule has 0 fully saturated rings. The van der Waals surface area contributed by atoms with Gasteiger partial charge in [-0.05, 0) is 54.4 Å². The summed E-state index contributed by atoms with van der Waals surface area (Å²) in [7, 11) is -7.07. The predicted molar refractivity (Wildman–Crippen MR) is 138 cm³/mol. The van der Waals surface area contributed by atoms with Crippen LogP contribution in [0.1, 0.15) is 18.4 Å². The van der Waals surface area contributed by atoms with Gasteiger partial charge in [0.1, 0.15) is 5.82 Å². The molecule has 0 atom stereocenters. The van der Waals surface area contributed by atoms with Crippen LogP contribution >= 0.6 is 11.3 Å². The summed E-state index contributed by atoms with van der Waals surface area (Å²) in [6.07, 6.45) is 1.16. The summed E-state index contributed by atoms with van der Waals surface area (Å²) < 4.78 is 62.8. The van der Waals surface area contributed by atoms with Crippen LogP contribution in [0.2, 0.25) is 0 Å². The maximum Gasteiger partial charge on any atom is 0.229 e. The summed E-state index contributed by atoms with van der Waals surface area (Å²) >= 11 is 1.20. The quantitative estimate of drug-likeness (QED) is 0.284. The lowest BCUT2D eigenvalue weighted by molar-refractivity contribution is -0.118. The Labute approximate surface area is 213 Å². The number of anilines is 1. The molecule has 0 saturated heterocycles. The SMILES string of the molecule is CS(=O)(=O)c1ccc2nc(N(Cc3ccccc3)C(=O)CCCS(=O)(=O)c3ccc(F)cc3)sc2c1. The minimum absolute atomic E-state index is 0.00495. The fourth-order valence-corrected chi connectivity index (χ4v) is 6.63. The van der Waals surface area contributed by atoms with Gasteiger partial charge in [0.2, 0.25) is 5.91 Å². The molecule has 0 aliphatic rings. The van der Waals surface area contributed by atoms with E-state index in [9.17, 15) is 26.0 Å². The molecule has 0 N–H and O–H groups in total. The highest BCUT2D eigenvalue weighted by Gasteiger charge is 2.22. The lowest BCUT2D eigenvalue weighted by Crippen LogP contribution is -2.30. The first kappa shape index (κ1) is 25.9. The zero-order valence-electron chi connectivity index (χ0n) is 19.3. The highest BCUT2D eigenvalue weighted by atomic mass is 32.2. The number of fused-ring (bicyclic) bond motifs is 1. The molecule has 4 aromatic rings. The van der Waals surface area contributed by atoms with Crippen molar-refractivity contribution in [1.29, 1.82) is 0 Å². The Bertz CT molecular complexity index is 1600. The molecule has 1 amide bonds. The topological polar surface area (TPSA) is 101 Å². The van der Waals surface area contributed by atoms with Gasteiger partial charge in [0.05, 0.1) is 32.3 Å². The van der Waals surface area contributed by atoms with Crippen molar-refractivity contribution < 1.29 is 26.0 Å². The van der Waals surface area contributed by atoms with Crippen molar-refractivity contribution >= 4 is 52.3 Å². The normalized spacial score (nSPS) is 12.1. The number of carbonyl (C=O) groups excluding carboxylic acids is 1. The number of aromatic nitrogens is 1. The van der Waals surface area contributed by atoms with Gasteiger partial charge in [0.15, 0.2) is 24.8 Å². The number of nitrogens with zero attached hydrogens (tertiary/aromatic N) is 2. The molecule has 0 radical (unpaired) electrons. The van der Waals surface area contributed by atoms with Crippen LogP contribution in [0.4, 0.5) is 9.52 Å². The Balaban J connectivity index is 1.56. The smallest absolute Gasteiger partial charge is 0.229 e. The standard InChI is InChI=1S/C25H23FN2O5S3/c1-35(30,31)21-13-14-22-23(16-21)34-25(27-22)28(17-18-6-3-2-4-7-18)24(29)8-5-15-36(32,33)20-11-9-19(26)10-12-20/h2-4,6-7,9-14,16H,5,8,15,17H2,1H3. The molecule has 1 aromatic heterocycles. The van der Waals surface area contributed by atoms with E-state index in [0.29, 0.717) is 15.3 Å². The molecule has 4 rings (SSSR count). The van der Waals surface area contributed by atoms with Gasteiger partial charge in [-0.2, -0.15) is 0 Å². The van der Waals surface area contributed by atoms with E-state index in [2.05, 4.69) is 4.98 Å². The van der Waals surface area contributed by atoms with Crippen LogP contribution < -0.4 is 4.90 Å². The Morgan fingerprint density at radius 2 is 1.61 bits per heavy atom. The van der Waals surface area contributed by atoms with Crippen LogP contribution in [0, 0.1) is 5.82 Å². The Morgan fingerprint density at radius 3 is 2.28 bits per heavy atom. The minimum atomic E-state index is -3.67. The van der Waals surface area contributed by atoms with Gasteiger partial charge in [-0.15, -0.1) is 0 Å². The van der Waals surface area contributed by atoms with E-state index in [-0.39, 0.29) is 40.8 Å². The van der Waals surface area contributed by atoms with Crippen LogP contribution in [-0.4, -0.2) is 39.7 Å². The molecule has 7 nitrogen and oxygen atoms in total. The molecule has 3 aromatic carbocycles. The second kappa shape index (κ2) is 10.5. The molecule has 0 aliphatic carbocycles. The first-order valence-corrected chi connectivity index (χ1v) is 15.3. The van der Waals surface area contributed by atoms with Gasteiger partial charge in [-0.25, -0.2) is 26.2 Å². The van der Waals surface area contributed by atoms with Gasteiger partial charge in [-0.1, -0.05) is 41.7 Å². The molecule has 36 heavy (non-hydrogen) atoms. The molecule has 188 valence electrons. The number of rotatable bonds is 9. The van der Waals surface area contributed by atoms with Crippen LogP contribution in [-0.2, 0) is 31.0 Å². The number of hydrogen-bond acceptors (Lipinski definition) is 7. The minimum Gasteiger partial charge on any atom is -0.284 e. The fraction of sp³-hybridized carbons (Fsp3) is 0.200. The van der Waals surface area contributed by atoms with Gasteiger partial charge in [0, 0.05) is 12.7 Å². The number of sulfone groups is 2. The van der Waals surface area contributed by atoms with Gasteiger partial charge in [0.25, 0.3) is 0 Å². The van der Waals surface area contributed by atoms with Crippen molar-refractivity contribution in [2.24, 2.45) is 0 Å². The van der Waals surface area contributed by atoms with Gasteiger partial charge >= 0.3 is 0 Å². The van der Waals surface area contributed by atoms with E-state index >= 15 is 0 Å². The van der Waals surface area contributed by atoms with E-state index < -0.39 is 25.5 Å². The molecule has 0 saturated carbocycles. The van der Waals surface area contributed by atoms with Gasteiger partial charge in [-0.3, -0.25) is 9.69 Å². The van der Waals surface area contributed by atoms with E-state index in [1.54, 1.807) is 6.07 Å². The molecule has 0 unspecified atom stereocenters. The zero-order valence-corrected chi connectivity index (χ0v) is 21.7. The third-order valence-electron chi connectivity index (χ3n) is 5.47. The maximum atomic E-state index is 13.3. The zero-order chi connectivity index (χ0) is 25.9. The second-order valence-corrected chi connectivity index (χ2v) is 13.4. The lowest BCUT2D eigenvalue weighted by Gasteiger charge is -2.20. The number of halogens is 1. The highest BCUT2D eigenvalue weighted by molar-refractivity contribution is 7.91. The van der Waals surface area contributed by atoms with Crippen LogP contribution in [0.25, 0.3) is 10.2 Å². The van der Waals surface area contributed by atoms with Crippen molar-refractivity contribution in [2.75, 3.05) is 16.9 Å². The molecule has 11 heteroatoms. The van der Waals surface area contributed by atoms with Crippen molar-refractivity contribution in [3.8, 4) is 0 Å². The third-order valence-corrected chi connectivity index (χ3v) is 9.44. The molecule has 0 bridgehead atoms. The summed E-state index contributed by atoms with van der Waals surface area (Å²) in [4.78, 5) is 19.5. The Hall–Kier alpha value is -3.15. The van der Waals surface area contributed by atoms with Crippen molar-refractivity contribution in [1.82, 2.24) is 4.98 Å². The monoisotopic (exact) mass is 546 g/mol. The predicted octanol–water partition coefficient (Wildman–Crippen LogP) is 4.63. The number of benzene rings is 3. The largest absolute Gasteiger partial charge is 0.284 e. The van der Waals surface area contributed by atoms with Crippen molar-refractivity contribution in [2.45, 2.75) is 29.2 Å². The van der Waals surface area contributed by atoms with Crippen LogP contribution in [0.5, 0.6) is 0 Å². The first-order chi connectivity index (χ1) is 17.0. The van der Waals surface area contributed by atoms with E-state index in [1.165, 1.54) is 40.5 Å².